The minimum atomic E-state index is -2.68. The van der Waals surface area contributed by atoms with E-state index in [1.807, 2.05) is 0 Å². The number of pyridine rings is 1. The minimum Gasteiger partial charge on any atom is -0.358 e. The van der Waals surface area contributed by atoms with E-state index in [1.54, 1.807) is 0 Å². The van der Waals surface area contributed by atoms with Crippen LogP contribution in [-0.2, 0) is 5.33 Å². The molecule has 0 fully saturated rings. The molecule has 0 spiro atoms. The van der Waals surface area contributed by atoms with Crippen LogP contribution in [0.25, 0.3) is 0 Å². The topological polar surface area (TPSA) is 56.0 Å². The van der Waals surface area contributed by atoms with Gasteiger partial charge in [0, 0.05) is 18.3 Å². The molecule has 4 nitrogen and oxygen atoms in total. The lowest BCUT2D eigenvalue weighted by molar-refractivity contribution is -0.389. The molecule has 15 heavy (non-hydrogen) atoms. The van der Waals surface area contributed by atoms with Crippen LogP contribution in [0.3, 0.4) is 0 Å². The van der Waals surface area contributed by atoms with Gasteiger partial charge in [0.2, 0.25) is 0 Å². The van der Waals surface area contributed by atoms with Gasteiger partial charge < -0.3 is 10.1 Å². The van der Waals surface area contributed by atoms with Crippen LogP contribution >= 0.6 is 15.9 Å². The molecule has 1 aromatic heterocycles. The monoisotopic (exact) mass is 280 g/mol. The molecule has 0 aromatic carbocycles. The standard InChI is InChI=1S/C8H7BrF2N2O2/c1-4-7(8(10)11)5(3-9)2-6(12-4)13(14)15/h2,8H,3H2,1H3. The molecule has 0 radical (unpaired) electrons. The Balaban J connectivity index is 3.37. The number of aryl methyl sites for hydroxylation is 1. The molecule has 0 aliphatic heterocycles. The molecule has 82 valence electrons. The molecule has 7 heteroatoms. The predicted octanol–water partition coefficient (Wildman–Crippen LogP) is 3.13. The largest absolute Gasteiger partial charge is 0.363 e. The van der Waals surface area contributed by atoms with Crippen LogP contribution in [0.5, 0.6) is 0 Å². The van der Waals surface area contributed by atoms with E-state index in [2.05, 4.69) is 20.9 Å². The number of nitro groups is 1. The molecule has 0 unspecified atom stereocenters. The Labute approximate surface area is 92.6 Å². The average Bonchev–Trinajstić information content (AvgIpc) is 2.15. The molecule has 0 amide bonds. The summed E-state index contributed by atoms with van der Waals surface area (Å²) in [5, 5.41) is 10.6. The molecule has 1 aromatic rings. The van der Waals surface area contributed by atoms with Crippen molar-refractivity contribution in [3.05, 3.63) is 33.0 Å². The molecule has 1 heterocycles. The number of alkyl halides is 3. The third kappa shape index (κ3) is 2.47. The highest BCUT2D eigenvalue weighted by molar-refractivity contribution is 9.08. The summed E-state index contributed by atoms with van der Waals surface area (Å²) in [4.78, 5) is 13.2. The SMILES string of the molecule is Cc1nc([N+](=O)[O-])cc(CBr)c1C(F)F. The highest BCUT2D eigenvalue weighted by atomic mass is 79.9. The molecule has 0 saturated carbocycles. The van der Waals surface area contributed by atoms with Crippen molar-refractivity contribution in [1.82, 2.24) is 4.98 Å². The highest BCUT2D eigenvalue weighted by Crippen LogP contribution is 2.29. The predicted molar refractivity (Wildman–Crippen MR) is 53.2 cm³/mol. The fourth-order valence-electron chi connectivity index (χ4n) is 1.23. The summed E-state index contributed by atoms with van der Waals surface area (Å²) >= 11 is 3.01. The normalized spacial score (nSPS) is 10.7. The lowest BCUT2D eigenvalue weighted by Gasteiger charge is -2.06. The molecule has 0 aliphatic carbocycles. The second-order valence-electron chi connectivity index (χ2n) is 2.83. The van der Waals surface area contributed by atoms with Gasteiger partial charge in [-0.2, -0.15) is 0 Å². The van der Waals surface area contributed by atoms with Gasteiger partial charge in [-0.25, -0.2) is 8.78 Å². The van der Waals surface area contributed by atoms with Gasteiger partial charge in [-0.05, 0) is 15.5 Å². The van der Waals surface area contributed by atoms with Crippen LogP contribution in [0.2, 0.25) is 0 Å². The summed E-state index contributed by atoms with van der Waals surface area (Å²) < 4.78 is 25.2. The van der Waals surface area contributed by atoms with E-state index in [0.717, 1.165) is 6.07 Å². The van der Waals surface area contributed by atoms with Gasteiger partial charge in [-0.3, -0.25) is 0 Å². The van der Waals surface area contributed by atoms with Gasteiger partial charge in [0.15, 0.2) is 5.69 Å². The summed E-state index contributed by atoms with van der Waals surface area (Å²) in [6, 6.07) is 1.06. The third-order valence-corrected chi connectivity index (χ3v) is 2.47. The molecule has 0 saturated heterocycles. The van der Waals surface area contributed by atoms with Gasteiger partial charge >= 0.3 is 5.82 Å². The Hall–Kier alpha value is -1.11. The Morgan fingerprint density at radius 1 is 1.67 bits per heavy atom. The number of halogens is 3. The summed E-state index contributed by atoms with van der Waals surface area (Å²) in [6.45, 7) is 1.33. The van der Waals surface area contributed by atoms with Crippen molar-refractivity contribution in [3.63, 3.8) is 0 Å². The maximum atomic E-state index is 12.6. The number of nitrogens with zero attached hydrogens (tertiary/aromatic N) is 2. The van der Waals surface area contributed by atoms with Crippen LogP contribution in [-0.4, -0.2) is 9.91 Å². The van der Waals surface area contributed by atoms with Crippen molar-refractivity contribution in [2.45, 2.75) is 18.7 Å². The van der Waals surface area contributed by atoms with E-state index in [0.29, 0.717) is 0 Å². The van der Waals surface area contributed by atoms with E-state index < -0.39 is 17.2 Å². The Bertz CT molecular complexity index is 398. The maximum absolute atomic E-state index is 12.6. The first-order chi connectivity index (χ1) is 6.97. The van der Waals surface area contributed by atoms with Gasteiger partial charge in [0.25, 0.3) is 6.43 Å². The van der Waals surface area contributed by atoms with E-state index in [9.17, 15) is 18.9 Å². The first-order valence-electron chi connectivity index (χ1n) is 3.96. The van der Waals surface area contributed by atoms with Crippen molar-refractivity contribution >= 4 is 21.7 Å². The second kappa shape index (κ2) is 4.61. The molecule has 1 rings (SSSR count). The lowest BCUT2D eigenvalue weighted by atomic mass is 10.1. The fourth-order valence-corrected chi connectivity index (χ4v) is 1.70. The van der Waals surface area contributed by atoms with Gasteiger partial charge in [-0.15, -0.1) is 0 Å². The number of hydrogen-bond donors (Lipinski definition) is 0. The van der Waals surface area contributed by atoms with Crippen LogP contribution in [0.1, 0.15) is 23.2 Å². The zero-order valence-electron chi connectivity index (χ0n) is 7.71. The lowest BCUT2D eigenvalue weighted by Crippen LogP contribution is -2.03. The van der Waals surface area contributed by atoms with Gasteiger partial charge in [-0.1, -0.05) is 15.9 Å². The molecule has 0 atom stereocenters. The molecule has 0 aliphatic rings. The van der Waals surface area contributed by atoms with Crippen molar-refractivity contribution in [3.8, 4) is 0 Å². The van der Waals surface area contributed by atoms with E-state index in [1.165, 1.54) is 6.92 Å². The van der Waals surface area contributed by atoms with E-state index >= 15 is 0 Å². The van der Waals surface area contributed by atoms with Gasteiger partial charge in [0.1, 0.15) is 0 Å². The van der Waals surface area contributed by atoms with Crippen LogP contribution < -0.4 is 0 Å². The average molecular weight is 281 g/mol. The summed E-state index contributed by atoms with van der Waals surface area (Å²) in [5.41, 5.74) is -0.0460. The first-order valence-corrected chi connectivity index (χ1v) is 5.08. The molecular weight excluding hydrogens is 274 g/mol. The van der Waals surface area contributed by atoms with Crippen molar-refractivity contribution in [2.75, 3.05) is 0 Å². The summed E-state index contributed by atoms with van der Waals surface area (Å²) in [6.07, 6.45) is -2.68. The first kappa shape index (κ1) is 12.0. The zero-order valence-corrected chi connectivity index (χ0v) is 9.29. The van der Waals surface area contributed by atoms with Crippen LogP contribution in [0.4, 0.5) is 14.6 Å². The maximum Gasteiger partial charge on any atom is 0.363 e. The number of hydrogen-bond acceptors (Lipinski definition) is 3. The summed E-state index contributed by atoms with van der Waals surface area (Å²) in [5.74, 6) is -0.411. The third-order valence-electron chi connectivity index (χ3n) is 1.87. The smallest absolute Gasteiger partial charge is 0.358 e. The van der Waals surface area contributed by atoms with E-state index in [-0.39, 0.29) is 22.2 Å². The fraction of sp³-hybridized carbons (Fsp3) is 0.375. The van der Waals surface area contributed by atoms with Crippen LogP contribution in [0.15, 0.2) is 6.07 Å². The molecule has 0 N–H and O–H groups in total. The van der Waals surface area contributed by atoms with Crippen molar-refractivity contribution in [1.29, 1.82) is 0 Å². The Morgan fingerprint density at radius 2 is 2.27 bits per heavy atom. The number of rotatable bonds is 3. The highest BCUT2D eigenvalue weighted by Gasteiger charge is 2.23. The molecule has 0 bridgehead atoms. The van der Waals surface area contributed by atoms with Crippen molar-refractivity contribution in [2.24, 2.45) is 0 Å². The van der Waals surface area contributed by atoms with Crippen LogP contribution in [0, 0.1) is 17.0 Å². The summed E-state index contributed by atoms with van der Waals surface area (Å²) in [7, 11) is 0. The Kier molecular flexibility index (Phi) is 3.67. The second-order valence-corrected chi connectivity index (χ2v) is 3.39. The number of aromatic nitrogens is 1. The van der Waals surface area contributed by atoms with Crippen molar-refractivity contribution < 1.29 is 13.7 Å². The molecular formula is C8H7BrF2N2O2. The quantitative estimate of drug-likeness (QED) is 0.486. The van der Waals surface area contributed by atoms with Gasteiger partial charge in [0.05, 0.1) is 5.56 Å². The van der Waals surface area contributed by atoms with E-state index in [4.69, 9.17) is 0 Å². The minimum absolute atomic E-state index is 0.00588. The Morgan fingerprint density at radius 3 is 2.67 bits per heavy atom. The zero-order chi connectivity index (χ0) is 11.6.